The van der Waals surface area contributed by atoms with E-state index in [2.05, 4.69) is 13.8 Å². The molecule has 1 amide bonds. The lowest BCUT2D eigenvalue weighted by atomic mass is 9.85. The van der Waals surface area contributed by atoms with Crippen LogP contribution in [-0.2, 0) is 4.74 Å². The van der Waals surface area contributed by atoms with E-state index in [9.17, 15) is 9.90 Å². The van der Waals surface area contributed by atoms with Gasteiger partial charge in [-0.05, 0) is 39.5 Å². The van der Waals surface area contributed by atoms with Crippen molar-refractivity contribution in [1.82, 2.24) is 4.90 Å². The molecule has 4 nitrogen and oxygen atoms in total. The molecule has 100 valence electrons. The fourth-order valence-electron chi connectivity index (χ4n) is 2.54. The van der Waals surface area contributed by atoms with E-state index in [1.807, 2.05) is 27.7 Å². The lowest BCUT2D eigenvalue weighted by molar-refractivity contribution is -0.000297. The van der Waals surface area contributed by atoms with Gasteiger partial charge in [-0.2, -0.15) is 0 Å². The number of hydrogen-bond acceptors (Lipinski definition) is 3. The van der Waals surface area contributed by atoms with E-state index < -0.39 is 11.1 Å². The van der Waals surface area contributed by atoms with Gasteiger partial charge in [0.1, 0.15) is 5.60 Å². The molecule has 0 unspecified atom stereocenters. The summed E-state index contributed by atoms with van der Waals surface area (Å²) in [7, 11) is 0. The van der Waals surface area contributed by atoms with E-state index in [0.29, 0.717) is 6.54 Å². The summed E-state index contributed by atoms with van der Waals surface area (Å²) < 4.78 is 5.39. The Hall–Kier alpha value is -0.770. The maximum Gasteiger partial charge on any atom is 0.410 e. The molecule has 1 atom stereocenters. The molecule has 0 aromatic rings. The number of aliphatic hydroxyl groups excluding tert-OH is 1. The Morgan fingerprint density at radius 3 is 2.29 bits per heavy atom. The number of rotatable bonds is 1. The molecule has 1 aliphatic heterocycles. The van der Waals surface area contributed by atoms with Gasteiger partial charge in [-0.1, -0.05) is 13.8 Å². The molecule has 0 aromatic carbocycles. The molecule has 0 aromatic heterocycles. The second-order valence-corrected chi connectivity index (χ2v) is 7.06. The second kappa shape index (κ2) is 4.16. The van der Waals surface area contributed by atoms with Crippen molar-refractivity contribution >= 4 is 6.09 Å². The summed E-state index contributed by atoms with van der Waals surface area (Å²) in [5.74, 6) is 0. The van der Waals surface area contributed by atoms with Crippen LogP contribution in [0.3, 0.4) is 0 Å². The summed E-state index contributed by atoms with van der Waals surface area (Å²) in [5, 5.41) is 9.53. The van der Waals surface area contributed by atoms with Gasteiger partial charge in [0.2, 0.25) is 0 Å². The van der Waals surface area contributed by atoms with Gasteiger partial charge >= 0.3 is 6.09 Å². The average molecular weight is 243 g/mol. The summed E-state index contributed by atoms with van der Waals surface area (Å²) in [6.45, 7) is 12.3. The SMILES string of the molecule is CC1(C)CN(C(=O)OC(C)(C)C)[C@@](C)(CO)C1. The molecule has 0 radical (unpaired) electrons. The molecule has 0 aliphatic carbocycles. The van der Waals surface area contributed by atoms with E-state index in [1.54, 1.807) is 4.90 Å². The van der Waals surface area contributed by atoms with Crippen LogP contribution in [0.25, 0.3) is 0 Å². The molecule has 4 heteroatoms. The first-order chi connectivity index (χ1) is 7.49. The highest BCUT2D eigenvalue weighted by Crippen LogP contribution is 2.41. The molecule has 1 aliphatic rings. The Balaban J connectivity index is 2.85. The summed E-state index contributed by atoms with van der Waals surface area (Å²) in [6, 6.07) is 0. The van der Waals surface area contributed by atoms with E-state index in [-0.39, 0.29) is 18.1 Å². The molecular formula is C13H25NO3. The zero-order valence-corrected chi connectivity index (χ0v) is 11.8. The highest BCUT2D eigenvalue weighted by molar-refractivity contribution is 5.70. The monoisotopic (exact) mass is 243 g/mol. The maximum atomic E-state index is 12.1. The normalized spacial score (nSPS) is 28.3. The number of ether oxygens (including phenoxy) is 1. The number of hydrogen-bond donors (Lipinski definition) is 1. The van der Waals surface area contributed by atoms with Gasteiger partial charge in [0.25, 0.3) is 0 Å². The molecule has 1 saturated heterocycles. The number of amides is 1. The standard InChI is InChI=1S/C13H25NO3/c1-11(2,3)17-10(16)14-8-12(4,5)7-13(14,6)9-15/h15H,7-9H2,1-6H3/t13-/m1/s1. The van der Waals surface area contributed by atoms with Crippen LogP contribution in [-0.4, -0.2) is 40.4 Å². The molecule has 0 bridgehead atoms. The lowest BCUT2D eigenvalue weighted by Gasteiger charge is -2.34. The minimum Gasteiger partial charge on any atom is -0.444 e. The lowest BCUT2D eigenvalue weighted by Crippen LogP contribution is -2.49. The number of carbonyl (C=O) groups is 1. The predicted octanol–water partition coefficient (Wildman–Crippen LogP) is 2.40. The van der Waals surface area contributed by atoms with Crippen molar-refractivity contribution in [2.75, 3.05) is 13.2 Å². The van der Waals surface area contributed by atoms with Crippen LogP contribution in [0.1, 0.15) is 48.0 Å². The number of likely N-dealkylation sites (tertiary alicyclic amines) is 1. The van der Waals surface area contributed by atoms with Crippen LogP contribution < -0.4 is 0 Å². The maximum absolute atomic E-state index is 12.1. The van der Waals surface area contributed by atoms with Crippen LogP contribution in [0, 0.1) is 5.41 Å². The molecule has 1 heterocycles. The number of nitrogens with zero attached hydrogens (tertiary/aromatic N) is 1. The Morgan fingerprint density at radius 2 is 1.88 bits per heavy atom. The Bertz CT molecular complexity index is 306. The number of aliphatic hydroxyl groups is 1. The van der Waals surface area contributed by atoms with Gasteiger partial charge in [0.05, 0.1) is 12.1 Å². The molecule has 0 spiro atoms. The largest absolute Gasteiger partial charge is 0.444 e. The van der Waals surface area contributed by atoms with E-state index in [0.717, 1.165) is 6.42 Å². The summed E-state index contributed by atoms with van der Waals surface area (Å²) in [6.07, 6.45) is 0.454. The third kappa shape index (κ3) is 3.35. The van der Waals surface area contributed by atoms with Crippen LogP contribution in [0.5, 0.6) is 0 Å². The van der Waals surface area contributed by atoms with E-state index >= 15 is 0 Å². The molecular weight excluding hydrogens is 218 g/mol. The minimum absolute atomic E-state index is 0.0222. The van der Waals surface area contributed by atoms with Crippen LogP contribution in [0.4, 0.5) is 4.79 Å². The van der Waals surface area contributed by atoms with Gasteiger partial charge in [0, 0.05) is 6.54 Å². The van der Waals surface area contributed by atoms with Crippen LogP contribution in [0.15, 0.2) is 0 Å². The smallest absolute Gasteiger partial charge is 0.410 e. The Kier molecular flexibility index (Phi) is 3.50. The topological polar surface area (TPSA) is 49.8 Å². The number of carbonyl (C=O) groups excluding carboxylic acids is 1. The Morgan fingerprint density at radius 1 is 1.35 bits per heavy atom. The minimum atomic E-state index is -0.508. The average Bonchev–Trinajstić information content (AvgIpc) is 2.34. The van der Waals surface area contributed by atoms with Crippen molar-refractivity contribution in [3.8, 4) is 0 Å². The van der Waals surface area contributed by atoms with Gasteiger partial charge < -0.3 is 9.84 Å². The van der Waals surface area contributed by atoms with Crippen LogP contribution in [0.2, 0.25) is 0 Å². The predicted molar refractivity (Wildman–Crippen MR) is 66.8 cm³/mol. The first-order valence-corrected chi connectivity index (χ1v) is 6.11. The highest BCUT2D eigenvalue weighted by atomic mass is 16.6. The molecule has 0 saturated carbocycles. The van der Waals surface area contributed by atoms with Crippen molar-refractivity contribution in [2.45, 2.75) is 59.1 Å². The molecule has 1 rings (SSSR count). The van der Waals surface area contributed by atoms with Crippen molar-refractivity contribution in [3.05, 3.63) is 0 Å². The van der Waals surface area contributed by atoms with Crippen molar-refractivity contribution < 1.29 is 14.6 Å². The van der Waals surface area contributed by atoms with Crippen molar-refractivity contribution in [3.63, 3.8) is 0 Å². The van der Waals surface area contributed by atoms with E-state index in [1.165, 1.54) is 0 Å². The summed E-state index contributed by atoms with van der Waals surface area (Å²) in [4.78, 5) is 13.8. The summed E-state index contributed by atoms with van der Waals surface area (Å²) >= 11 is 0. The first-order valence-electron chi connectivity index (χ1n) is 6.11. The van der Waals surface area contributed by atoms with Gasteiger partial charge in [-0.15, -0.1) is 0 Å². The second-order valence-electron chi connectivity index (χ2n) is 7.06. The fraction of sp³-hybridized carbons (Fsp3) is 0.923. The van der Waals surface area contributed by atoms with Gasteiger partial charge in [0.15, 0.2) is 0 Å². The van der Waals surface area contributed by atoms with Gasteiger partial charge in [-0.25, -0.2) is 4.79 Å². The Labute approximate surface area is 104 Å². The van der Waals surface area contributed by atoms with Gasteiger partial charge in [-0.3, -0.25) is 4.90 Å². The van der Waals surface area contributed by atoms with Crippen molar-refractivity contribution in [1.29, 1.82) is 0 Å². The molecule has 17 heavy (non-hydrogen) atoms. The summed E-state index contributed by atoms with van der Waals surface area (Å²) in [5.41, 5.74) is -0.986. The zero-order chi connectivity index (χ0) is 13.5. The van der Waals surface area contributed by atoms with E-state index in [4.69, 9.17) is 4.74 Å². The quantitative estimate of drug-likeness (QED) is 0.769. The molecule has 1 N–H and O–H groups in total. The third-order valence-corrected chi connectivity index (χ3v) is 3.05. The highest BCUT2D eigenvalue weighted by Gasteiger charge is 2.49. The third-order valence-electron chi connectivity index (χ3n) is 3.05. The van der Waals surface area contributed by atoms with Crippen LogP contribution >= 0.6 is 0 Å². The first kappa shape index (κ1) is 14.3. The molecule has 1 fully saturated rings. The zero-order valence-electron chi connectivity index (χ0n) is 11.8. The van der Waals surface area contributed by atoms with Crippen molar-refractivity contribution in [2.24, 2.45) is 5.41 Å². The fourth-order valence-corrected chi connectivity index (χ4v) is 2.54.